The molecule has 18 heteroatoms. The van der Waals surface area contributed by atoms with Crippen molar-refractivity contribution < 1.29 is 28.8 Å². The summed E-state index contributed by atoms with van der Waals surface area (Å²) in [6.45, 7) is 14.0. The number of amidine groups is 1. The second-order valence-corrected chi connectivity index (χ2v) is 23.5. The minimum Gasteiger partial charge on any atom is -0.507 e. The molecule has 2 aliphatic carbocycles. The Hall–Kier alpha value is -7.02. The molecule has 1 amide bonds. The number of aromatic nitrogens is 5. The van der Waals surface area contributed by atoms with Gasteiger partial charge in [-0.05, 0) is 125 Å². The number of β-amino-alcohol motifs (C(OH)–C–C–N with tert-alkyl or cyclic N) is 1. The Balaban J connectivity index is 0.623. The van der Waals surface area contributed by atoms with E-state index in [1.54, 1.807) is 29.2 Å². The molecule has 3 saturated heterocycles. The summed E-state index contributed by atoms with van der Waals surface area (Å²) in [5.74, 6) is 1.94. The van der Waals surface area contributed by atoms with E-state index >= 15 is 0 Å². The lowest BCUT2D eigenvalue weighted by atomic mass is 9.49. The number of aliphatic imine (C=N–C) groups is 1. The Morgan fingerprint density at radius 3 is 2.33 bits per heavy atom. The van der Waals surface area contributed by atoms with Gasteiger partial charge in [0.1, 0.15) is 29.1 Å². The van der Waals surface area contributed by atoms with Crippen LogP contribution in [0.1, 0.15) is 126 Å². The van der Waals surface area contributed by atoms with Crippen LogP contribution in [0.5, 0.6) is 5.75 Å². The third-order valence-corrected chi connectivity index (χ3v) is 18.1. The van der Waals surface area contributed by atoms with Gasteiger partial charge in [0, 0.05) is 85.2 Å². The van der Waals surface area contributed by atoms with E-state index in [4.69, 9.17) is 30.1 Å². The van der Waals surface area contributed by atoms with Gasteiger partial charge in [0.15, 0.2) is 5.82 Å². The molecule has 4 aliphatic heterocycles. The van der Waals surface area contributed by atoms with Crippen molar-refractivity contribution in [3.8, 4) is 28.1 Å². The number of nitrogens with zero attached hydrogens (tertiary/aromatic N) is 10. The molecule has 6 aromatic rings. The van der Waals surface area contributed by atoms with Crippen LogP contribution in [0.25, 0.3) is 22.4 Å². The van der Waals surface area contributed by atoms with Gasteiger partial charge in [0.05, 0.1) is 29.2 Å². The number of rotatable bonds is 13. The van der Waals surface area contributed by atoms with E-state index in [1.807, 2.05) is 75.4 Å². The van der Waals surface area contributed by atoms with E-state index in [9.17, 15) is 19.4 Å². The summed E-state index contributed by atoms with van der Waals surface area (Å²) < 4.78 is 20.6. The first-order chi connectivity index (χ1) is 37.7. The van der Waals surface area contributed by atoms with Crippen LogP contribution in [0, 0.1) is 17.2 Å². The second-order valence-electron chi connectivity index (χ2n) is 23.5. The zero-order valence-corrected chi connectivity index (χ0v) is 45.2. The van der Waals surface area contributed by atoms with E-state index in [1.165, 1.54) is 24.5 Å². The molecule has 7 heterocycles. The van der Waals surface area contributed by atoms with Crippen LogP contribution < -0.4 is 21.0 Å². The van der Waals surface area contributed by atoms with Crippen molar-refractivity contribution in [1.82, 2.24) is 40.6 Å². The van der Waals surface area contributed by atoms with E-state index in [2.05, 4.69) is 61.8 Å². The van der Waals surface area contributed by atoms with E-state index < -0.39 is 23.8 Å². The number of likely N-dealkylation sites (tertiary alicyclic amines) is 2. The molecular formula is C60H71FN12O5. The predicted molar refractivity (Wildman–Crippen MR) is 296 cm³/mol. The van der Waals surface area contributed by atoms with Crippen molar-refractivity contribution in [3.05, 3.63) is 126 Å². The van der Waals surface area contributed by atoms with Gasteiger partial charge < -0.3 is 40.1 Å². The summed E-state index contributed by atoms with van der Waals surface area (Å²) >= 11 is 0. The topological polar surface area (TPSA) is 208 Å². The number of aliphatic hydroxyl groups excluding tert-OH is 1. The molecular weight excluding hydrogens is 988 g/mol. The maximum absolute atomic E-state index is 14.6. The third-order valence-electron chi connectivity index (χ3n) is 18.1. The minimum absolute atomic E-state index is 0.0859. The number of anilines is 3. The molecule has 3 aromatic heterocycles. The molecule has 408 valence electrons. The van der Waals surface area contributed by atoms with Crippen LogP contribution in [-0.2, 0) is 15.4 Å². The number of carbonyl (C=O) groups excluding carboxylic acids is 1. The lowest BCUT2D eigenvalue weighted by Gasteiger charge is -2.60. The highest BCUT2D eigenvalue weighted by Gasteiger charge is 2.55. The maximum atomic E-state index is 14.6. The highest BCUT2D eigenvalue weighted by Crippen LogP contribution is 2.63. The van der Waals surface area contributed by atoms with Crippen molar-refractivity contribution in [3.63, 3.8) is 0 Å². The minimum atomic E-state index is -1.09. The molecule has 1 spiro atoms. The number of phenolic OH excluding ortho intramolecular Hbond substituents is 1. The maximum Gasteiger partial charge on any atom is 0.234 e. The first-order valence-electron chi connectivity index (χ1n) is 28.0. The van der Waals surface area contributed by atoms with Gasteiger partial charge in [-0.15, -0.1) is 10.2 Å². The van der Waals surface area contributed by atoms with Crippen molar-refractivity contribution >= 4 is 29.2 Å². The van der Waals surface area contributed by atoms with Crippen LogP contribution in [0.4, 0.5) is 21.8 Å². The number of aromatic hydroxyl groups is 1. The van der Waals surface area contributed by atoms with E-state index in [0.717, 1.165) is 80.2 Å². The summed E-state index contributed by atoms with van der Waals surface area (Å²) in [6.07, 6.45) is 11.3. The smallest absolute Gasteiger partial charge is 0.234 e. The van der Waals surface area contributed by atoms with Crippen molar-refractivity contribution in [2.45, 2.75) is 140 Å². The molecule has 2 saturated carbocycles. The van der Waals surface area contributed by atoms with E-state index in [-0.39, 0.29) is 42.0 Å². The Morgan fingerprint density at radius 1 is 0.910 bits per heavy atom. The molecule has 3 aromatic carbocycles. The summed E-state index contributed by atoms with van der Waals surface area (Å²) in [5, 5.41) is 34.6. The first-order valence-corrected chi connectivity index (χ1v) is 28.0. The second kappa shape index (κ2) is 20.7. The Kier molecular flexibility index (Phi) is 13.7. The third kappa shape index (κ3) is 9.63. The Labute approximate surface area is 455 Å². The highest BCUT2D eigenvalue weighted by molar-refractivity contribution is 5.94. The molecule has 6 atom stereocenters. The van der Waals surface area contributed by atoms with Crippen molar-refractivity contribution in [2.24, 2.45) is 16.3 Å². The van der Waals surface area contributed by atoms with Gasteiger partial charge >= 0.3 is 0 Å². The predicted octanol–water partition coefficient (Wildman–Crippen LogP) is 8.92. The number of phenols is 1. The Morgan fingerprint density at radius 2 is 1.63 bits per heavy atom. The van der Waals surface area contributed by atoms with Gasteiger partial charge in [0.25, 0.3) is 0 Å². The fourth-order valence-electron chi connectivity index (χ4n) is 13.8. The molecule has 2 unspecified atom stereocenters. The van der Waals surface area contributed by atoms with Gasteiger partial charge in [0.2, 0.25) is 17.6 Å². The number of piperazine rings is 1. The number of benzene rings is 3. The fourth-order valence-corrected chi connectivity index (χ4v) is 13.8. The summed E-state index contributed by atoms with van der Waals surface area (Å²) in [5.41, 5.74) is 14.8. The molecule has 12 rings (SSSR count). The monoisotopic (exact) mass is 1060 g/mol. The van der Waals surface area contributed by atoms with Crippen molar-refractivity contribution in [2.75, 3.05) is 48.3 Å². The first kappa shape index (κ1) is 51.7. The van der Waals surface area contributed by atoms with Gasteiger partial charge in [-0.25, -0.2) is 29.7 Å². The number of piperidine rings is 1. The SMILES string of the molecule is CCC1CN(c2cc(-c3ccccc3O)nnc2N)CC(C)N1c1ncc(C2CCN(C3CC4(CC(c5cc([C@H](C(=O)N6C[C@H](O)C[C@H]6C6=N[C@@](C)(c7ccc(-c8ccccc8F)cc7)ON6)C(C)C)on5)C4)C3)CC2)cn1. The van der Waals surface area contributed by atoms with Crippen LogP contribution in [-0.4, -0.2) is 120 Å². The lowest BCUT2D eigenvalue weighted by Crippen LogP contribution is -2.58. The van der Waals surface area contributed by atoms with Gasteiger partial charge in [-0.1, -0.05) is 80.5 Å². The van der Waals surface area contributed by atoms with Crippen LogP contribution in [0.15, 0.2) is 107 Å². The zero-order valence-electron chi connectivity index (χ0n) is 45.2. The van der Waals surface area contributed by atoms with Gasteiger partial charge in [-0.2, -0.15) is 0 Å². The highest BCUT2D eigenvalue weighted by atomic mass is 19.1. The summed E-state index contributed by atoms with van der Waals surface area (Å²) in [7, 11) is 0. The number of para-hydroxylation sites is 1. The molecule has 78 heavy (non-hydrogen) atoms. The standard InChI is InChI=1S/C60H71FN12O5/c1-6-42-33-71(50-24-49(66-67-55(50)62)46-12-8-10-14-52(46)75)32-36(4)73(42)58-63-30-40(31-64-58)37-19-21-70(22-20-37)43-28-60(29-43)26-39(27-60)48-25-53(77-68-48)54(35(2)3)57(76)72-34-44(74)23-51(72)56-65-59(5,78-69-56)41-17-15-38(16-18-41)45-11-7-9-13-47(45)61/h7-18,24-25,30-31,35-37,39,42-44,51,54,74-75H,6,19-23,26-29,32-34H2,1-5H3,(H2,62,67)(H,65,69)/t36?,39?,42?,43?,44-,51+,54-,59-,60?/m1/s1. The van der Waals surface area contributed by atoms with Gasteiger partial charge in [-0.3, -0.25) is 4.79 Å². The number of aliphatic hydroxyl groups is 1. The normalized spacial score (nSPS) is 27.9. The number of halogens is 1. The molecule has 6 aliphatic rings. The van der Waals surface area contributed by atoms with Crippen LogP contribution in [0.3, 0.4) is 0 Å². The van der Waals surface area contributed by atoms with Crippen LogP contribution >= 0.6 is 0 Å². The molecule has 0 radical (unpaired) electrons. The quantitative estimate of drug-likeness (QED) is 0.0852. The fraction of sp³-hybridized carbons (Fsp3) is 0.483. The number of nitrogens with one attached hydrogen (secondary N) is 1. The number of hydrogen-bond donors (Lipinski definition) is 4. The molecule has 17 nitrogen and oxygen atoms in total. The molecule has 0 bridgehead atoms. The van der Waals surface area contributed by atoms with Crippen molar-refractivity contribution in [1.29, 1.82) is 0 Å². The Bertz CT molecular complexity index is 3170. The molecule has 5 fully saturated rings. The number of hydroxylamine groups is 1. The summed E-state index contributed by atoms with van der Waals surface area (Å²) in [6, 6.07) is 25.5. The number of hydrogen-bond acceptors (Lipinski definition) is 16. The molecule has 5 N–H and O–H groups in total. The number of amides is 1. The number of nitrogen functional groups attached to an aromatic ring is 1. The summed E-state index contributed by atoms with van der Waals surface area (Å²) in [4.78, 5) is 44.7. The number of nitrogens with two attached hydrogens (primary N) is 1. The average molecular weight is 1060 g/mol. The largest absolute Gasteiger partial charge is 0.507 e. The lowest BCUT2D eigenvalue weighted by molar-refractivity contribution is -0.134. The zero-order chi connectivity index (χ0) is 54.0. The number of carbonyl (C=O) groups is 1. The van der Waals surface area contributed by atoms with E-state index in [0.29, 0.717) is 70.5 Å². The average Bonchev–Trinajstić information content (AvgIpc) is 4.27. The van der Waals surface area contributed by atoms with Crippen LogP contribution in [0.2, 0.25) is 0 Å².